The van der Waals surface area contributed by atoms with E-state index < -0.39 is 21.4 Å². The van der Waals surface area contributed by atoms with Crippen LogP contribution in [-0.4, -0.2) is 37.0 Å². The number of ether oxygens (including phenoxy) is 1. The van der Waals surface area contributed by atoms with Gasteiger partial charge in [-0.05, 0) is 53.5 Å². The van der Waals surface area contributed by atoms with Crippen molar-refractivity contribution in [3.8, 4) is 16.9 Å². The van der Waals surface area contributed by atoms with Crippen LogP contribution in [0.4, 0.5) is 10.2 Å². The summed E-state index contributed by atoms with van der Waals surface area (Å²) >= 11 is 0. The summed E-state index contributed by atoms with van der Waals surface area (Å²) in [6, 6.07) is 7.86. The van der Waals surface area contributed by atoms with Gasteiger partial charge in [-0.3, -0.25) is 9.52 Å². The van der Waals surface area contributed by atoms with Crippen molar-refractivity contribution >= 4 is 28.0 Å². The highest BCUT2D eigenvalue weighted by Crippen LogP contribution is 2.38. The normalized spacial score (nSPS) is 12.2. The van der Waals surface area contributed by atoms with Crippen LogP contribution in [0.2, 0.25) is 0 Å². The molecule has 0 spiro atoms. The number of hydrogen-bond acceptors (Lipinski definition) is 6. The summed E-state index contributed by atoms with van der Waals surface area (Å²) in [6.07, 6.45) is 5.47. The molecule has 0 amide bonds. The molecule has 0 aliphatic carbocycles. The first kappa shape index (κ1) is 24.1. The van der Waals surface area contributed by atoms with E-state index in [1.54, 1.807) is 31.4 Å². The molecule has 0 radical (unpaired) electrons. The standard InChI is InChI=1S/C23H25FN4O4S/c1-23(2,3)19-11-15(18-12-16(24)13-25-22(18)29)10-14(21(19)32-4)6-7-17-8-9-20(27-26-17)28-33(5,30)31/h6-13H,1-5H3,(H,25,29)(H,27,28)/b7-6+. The Bertz CT molecular complexity index is 1360. The highest BCUT2D eigenvalue weighted by molar-refractivity contribution is 7.92. The number of pyridine rings is 1. The zero-order valence-corrected chi connectivity index (χ0v) is 19.7. The molecule has 2 N–H and O–H groups in total. The van der Waals surface area contributed by atoms with E-state index in [1.807, 2.05) is 26.8 Å². The van der Waals surface area contributed by atoms with Crippen molar-refractivity contribution in [3.63, 3.8) is 0 Å². The van der Waals surface area contributed by atoms with Gasteiger partial charge >= 0.3 is 0 Å². The van der Waals surface area contributed by atoms with E-state index >= 15 is 0 Å². The zero-order valence-electron chi connectivity index (χ0n) is 18.9. The Morgan fingerprint density at radius 3 is 2.42 bits per heavy atom. The number of nitrogens with one attached hydrogen (secondary N) is 2. The maximum Gasteiger partial charge on any atom is 0.256 e. The van der Waals surface area contributed by atoms with Gasteiger partial charge in [-0.15, -0.1) is 10.2 Å². The molecule has 0 atom stereocenters. The Hall–Kier alpha value is -3.53. The topological polar surface area (TPSA) is 114 Å². The molecule has 2 heterocycles. The molecule has 8 nitrogen and oxygen atoms in total. The van der Waals surface area contributed by atoms with Gasteiger partial charge in [0.05, 0.1) is 19.1 Å². The summed E-state index contributed by atoms with van der Waals surface area (Å²) in [5.74, 6) is 0.168. The molecule has 10 heteroatoms. The SMILES string of the molecule is COc1c(/C=C/c2ccc(NS(C)(=O)=O)nn2)cc(-c2cc(F)c[nH]c2=O)cc1C(C)(C)C. The maximum absolute atomic E-state index is 13.9. The van der Waals surface area contributed by atoms with Gasteiger partial charge in [-0.25, -0.2) is 12.8 Å². The Labute approximate surface area is 191 Å². The minimum atomic E-state index is -3.45. The van der Waals surface area contributed by atoms with Gasteiger partial charge in [-0.1, -0.05) is 20.8 Å². The first-order valence-electron chi connectivity index (χ1n) is 9.98. The summed E-state index contributed by atoms with van der Waals surface area (Å²) in [7, 11) is -1.90. The molecule has 0 fully saturated rings. The number of hydrogen-bond donors (Lipinski definition) is 2. The molecule has 3 aromatic rings. The van der Waals surface area contributed by atoms with Crippen molar-refractivity contribution in [1.29, 1.82) is 0 Å². The van der Waals surface area contributed by atoms with Gasteiger partial charge < -0.3 is 9.72 Å². The van der Waals surface area contributed by atoms with Gasteiger partial charge in [0.25, 0.3) is 5.56 Å². The molecule has 0 aliphatic heterocycles. The van der Waals surface area contributed by atoms with Crippen LogP contribution in [0.25, 0.3) is 23.3 Å². The number of methoxy groups -OCH3 is 1. The van der Waals surface area contributed by atoms with Crippen LogP contribution in [0.5, 0.6) is 5.75 Å². The second-order valence-electron chi connectivity index (χ2n) is 8.51. The Morgan fingerprint density at radius 2 is 1.85 bits per heavy atom. The lowest BCUT2D eigenvalue weighted by Crippen LogP contribution is -2.15. The molecular formula is C23H25FN4O4S. The number of H-pyrrole nitrogens is 1. The number of anilines is 1. The van der Waals surface area contributed by atoms with Crippen molar-refractivity contribution < 1.29 is 17.5 Å². The van der Waals surface area contributed by atoms with Gasteiger partial charge in [0.15, 0.2) is 5.82 Å². The van der Waals surface area contributed by atoms with Crippen molar-refractivity contribution in [2.24, 2.45) is 0 Å². The van der Waals surface area contributed by atoms with Crippen LogP contribution in [0.1, 0.15) is 37.6 Å². The number of nitrogens with zero attached hydrogens (tertiary/aromatic N) is 2. The Kier molecular flexibility index (Phi) is 6.68. The van der Waals surface area contributed by atoms with Gasteiger partial charge in [0.2, 0.25) is 10.0 Å². The lowest BCUT2D eigenvalue weighted by atomic mass is 9.83. The molecule has 0 aliphatic rings. The largest absolute Gasteiger partial charge is 0.496 e. The van der Waals surface area contributed by atoms with Crippen molar-refractivity contribution in [1.82, 2.24) is 15.2 Å². The van der Waals surface area contributed by atoms with Crippen LogP contribution in [0.15, 0.2) is 41.3 Å². The lowest BCUT2D eigenvalue weighted by Gasteiger charge is -2.24. The average Bonchev–Trinajstić information content (AvgIpc) is 2.72. The van der Waals surface area contributed by atoms with Gasteiger partial charge in [0.1, 0.15) is 11.6 Å². The number of aromatic amines is 1. The van der Waals surface area contributed by atoms with E-state index in [-0.39, 0.29) is 16.8 Å². The fraction of sp³-hybridized carbons (Fsp3) is 0.261. The fourth-order valence-electron chi connectivity index (χ4n) is 3.24. The molecule has 174 valence electrons. The molecule has 0 bridgehead atoms. The predicted octanol–water partition coefficient (Wildman–Crippen LogP) is 3.82. The summed E-state index contributed by atoms with van der Waals surface area (Å²) in [5.41, 5.74) is 1.98. The smallest absolute Gasteiger partial charge is 0.256 e. The molecule has 1 aromatic carbocycles. The van der Waals surface area contributed by atoms with Gasteiger partial charge in [0, 0.05) is 22.9 Å². The van der Waals surface area contributed by atoms with E-state index in [2.05, 4.69) is 19.9 Å². The van der Waals surface area contributed by atoms with E-state index in [4.69, 9.17) is 4.74 Å². The fourth-order valence-corrected chi connectivity index (χ4v) is 3.73. The molecule has 2 aromatic heterocycles. The van der Waals surface area contributed by atoms with Crippen molar-refractivity contribution in [2.45, 2.75) is 26.2 Å². The van der Waals surface area contributed by atoms with E-state index in [9.17, 15) is 17.6 Å². The third-order valence-corrected chi connectivity index (χ3v) is 5.30. The molecule has 0 saturated heterocycles. The first-order valence-corrected chi connectivity index (χ1v) is 11.9. The Morgan fingerprint density at radius 1 is 1.12 bits per heavy atom. The first-order chi connectivity index (χ1) is 15.4. The monoisotopic (exact) mass is 472 g/mol. The van der Waals surface area contributed by atoms with Crippen LogP contribution < -0.4 is 15.0 Å². The van der Waals surface area contributed by atoms with Gasteiger partial charge in [-0.2, -0.15) is 0 Å². The minimum Gasteiger partial charge on any atom is -0.496 e. The number of benzene rings is 1. The molecule has 3 rings (SSSR count). The van der Waals surface area contributed by atoms with Crippen molar-refractivity contribution in [3.05, 3.63) is 69.5 Å². The third-order valence-electron chi connectivity index (χ3n) is 4.72. The van der Waals surface area contributed by atoms with E-state index in [0.717, 1.165) is 18.0 Å². The molecular weight excluding hydrogens is 447 g/mol. The van der Waals surface area contributed by atoms with Crippen molar-refractivity contribution in [2.75, 3.05) is 18.1 Å². The highest BCUT2D eigenvalue weighted by atomic mass is 32.2. The molecule has 33 heavy (non-hydrogen) atoms. The van der Waals surface area contributed by atoms with E-state index in [1.165, 1.54) is 12.1 Å². The summed E-state index contributed by atoms with van der Waals surface area (Å²) in [4.78, 5) is 14.8. The van der Waals surface area contributed by atoms with Crippen LogP contribution in [0.3, 0.4) is 0 Å². The second kappa shape index (κ2) is 9.14. The van der Waals surface area contributed by atoms with Crippen LogP contribution in [0, 0.1) is 5.82 Å². The predicted molar refractivity (Wildman–Crippen MR) is 127 cm³/mol. The van der Waals surface area contributed by atoms with Crippen LogP contribution in [-0.2, 0) is 15.4 Å². The highest BCUT2D eigenvalue weighted by Gasteiger charge is 2.23. The minimum absolute atomic E-state index is 0.106. The zero-order chi connectivity index (χ0) is 24.4. The summed E-state index contributed by atoms with van der Waals surface area (Å²) in [5, 5.41) is 7.85. The summed E-state index contributed by atoms with van der Waals surface area (Å²) in [6.45, 7) is 6.03. The number of sulfonamides is 1. The number of halogens is 1. The Balaban J connectivity index is 2.10. The number of aromatic nitrogens is 3. The quantitative estimate of drug-likeness (QED) is 0.564. The maximum atomic E-state index is 13.9. The lowest BCUT2D eigenvalue weighted by molar-refractivity contribution is 0.397. The number of rotatable bonds is 6. The average molecular weight is 473 g/mol. The molecule has 0 unspecified atom stereocenters. The molecule has 0 saturated carbocycles. The second-order valence-corrected chi connectivity index (χ2v) is 10.3. The summed E-state index contributed by atoms with van der Waals surface area (Å²) < 4.78 is 44.4. The van der Waals surface area contributed by atoms with E-state index in [0.29, 0.717) is 22.6 Å². The van der Waals surface area contributed by atoms with Crippen LogP contribution >= 0.6 is 0 Å². The third kappa shape index (κ3) is 6.04.